The summed E-state index contributed by atoms with van der Waals surface area (Å²) >= 11 is 0. The zero-order chi connectivity index (χ0) is 8.85. The number of aldehydes is 1. The Hall–Kier alpha value is -0.490. The molecule has 66 valence electrons. The molecule has 0 aliphatic rings. The number of rotatable bonds is 5. The summed E-state index contributed by atoms with van der Waals surface area (Å²) in [5.74, 6) is 0. The van der Waals surface area contributed by atoms with Gasteiger partial charge in [0.15, 0.2) is 6.29 Å². The standard InChI is InChI=1S/C6H12O5/c7-2-1-4(9)6(11)5(10)3-8/h3-7,9-11H,1-2H2/t4-,5-,6-/m0/s1. The van der Waals surface area contributed by atoms with Gasteiger partial charge in [-0.2, -0.15) is 0 Å². The molecule has 0 spiro atoms. The minimum Gasteiger partial charge on any atom is -0.396 e. The van der Waals surface area contributed by atoms with Gasteiger partial charge in [0.1, 0.15) is 12.2 Å². The number of hydrogen-bond acceptors (Lipinski definition) is 5. The summed E-state index contributed by atoms with van der Waals surface area (Å²) in [6.07, 6.45) is -4.30. The van der Waals surface area contributed by atoms with E-state index in [0.717, 1.165) is 0 Å². The molecule has 0 bridgehead atoms. The zero-order valence-corrected chi connectivity index (χ0v) is 5.92. The van der Waals surface area contributed by atoms with E-state index in [2.05, 4.69) is 0 Å². The Labute approximate surface area is 63.9 Å². The first-order valence-electron chi connectivity index (χ1n) is 3.23. The molecule has 0 heterocycles. The van der Waals surface area contributed by atoms with Gasteiger partial charge in [-0.3, -0.25) is 0 Å². The third-order valence-electron chi connectivity index (χ3n) is 1.31. The van der Waals surface area contributed by atoms with Crippen molar-refractivity contribution in [2.24, 2.45) is 0 Å². The van der Waals surface area contributed by atoms with Crippen LogP contribution in [0.25, 0.3) is 0 Å². The van der Waals surface area contributed by atoms with E-state index < -0.39 is 18.3 Å². The fraction of sp³-hybridized carbons (Fsp3) is 0.833. The Bertz CT molecular complexity index is 116. The predicted molar refractivity (Wildman–Crippen MR) is 35.8 cm³/mol. The first-order chi connectivity index (χ1) is 5.13. The van der Waals surface area contributed by atoms with Gasteiger partial charge in [0.2, 0.25) is 0 Å². The third kappa shape index (κ3) is 3.43. The topological polar surface area (TPSA) is 98.0 Å². The largest absolute Gasteiger partial charge is 0.396 e. The number of hydrogen-bond donors (Lipinski definition) is 4. The van der Waals surface area contributed by atoms with Gasteiger partial charge in [-0.15, -0.1) is 0 Å². The molecule has 5 nitrogen and oxygen atoms in total. The van der Waals surface area contributed by atoms with Crippen LogP contribution in [0.3, 0.4) is 0 Å². The van der Waals surface area contributed by atoms with E-state index in [1.54, 1.807) is 0 Å². The Balaban J connectivity index is 3.79. The average molecular weight is 164 g/mol. The molecule has 4 N–H and O–H groups in total. The third-order valence-corrected chi connectivity index (χ3v) is 1.31. The average Bonchev–Trinajstić information content (AvgIpc) is 2.02. The van der Waals surface area contributed by atoms with Crippen LogP contribution in [0.1, 0.15) is 6.42 Å². The maximum atomic E-state index is 9.87. The van der Waals surface area contributed by atoms with Crippen LogP contribution in [-0.4, -0.2) is 51.6 Å². The van der Waals surface area contributed by atoms with E-state index in [1.165, 1.54) is 0 Å². The van der Waals surface area contributed by atoms with Gasteiger partial charge in [0.05, 0.1) is 6.10 Å². The van der Waals surface area contributed by atoms with Crippen molar-refractivity contribution in [3.8, 4) is 0 Å². The summed E-state index contributed by atoms with van der Waals surface area (Å²) in [4.78, 5) is 9.87. The number of aliphatic hydroxyl groups is 4. The van der Waals surface area contributed by atoms with Crippen molar-refractivity contribution in [3.05, 3.63) is 0 Å². The fourth-order valence-corrected chi connectivity index (χ4v) is 0.611. The van der Waals surface area contributed by atoms with E-state index in [-0.39, 0.29) is 19.3 Å². The van der Waals surface area contributed by atoms with Crippen molar-refractivity contribution in [2.45, 2.75) is 24.7 Å². The molecule has 0 radical (unpaired) electrons. The Morgan fingerprint density at radius 2 is 1.82 bits per heavy atom. The molecule has 5 heteroatoms. The Morgan fingerprint density at radius 1 is 1.27 bits per heavy atom. The van der Waals surface area contributed by atoms with Crippen LogP contribution in [0, 0.1) is 0 Å². The molecule has 0 saturated heterocycles. The predicted octanol–water partition coefficient (Wildman–Crippen LogP) is -2.35. The molecule has 3 atom stereocenters. The molecule has 0 rings (SSSR count). The van der Waals surface area contributed by atoms with Gasteiger partial charge < -0.3 is 25.2 Å². The molecule has 0 aliphatic heterocycles. The van der Waals surface area contributed by atoms with Crippen LogP contribution < -0.4 is 0 Å². The number of carbonyl (C=O) groups excluding carboxylic acids is 1. The SMILES string of the molecule is O=C[C@H](O)[C@@H](O)[C@@H](O)CCO. The van der Waals surface area contributed by atoms with Crippen LogP contribution >= 0.6 is 0 Å². The molecule has 0 unspecified atom stereocenters. The monoisotopic (exact) mass is 164 g/mol. The highest BCUT2D eigenvalue weighted by Crippen LogP contribution is 2.01. The second kappa shape index (κ2) is 5.20. The lowest BCUT2D eigenvalue weighted by atomic mass is 10.1. The highest BCUT2D eigenvalue weighted by atomic mass is 16.4. The first kappa shape index (κ1) is 10.5. The Kier molecular flexibility index (Phi) is 4.97. The normalized spacial score (nSPS) is 18.9. The molecule has 0 aromatic heterocycles. The van der Waals surface area contributed by atoms with E-state index >= 15 is 0 Å². The highest BCUT2D eigenvalue weighted by Gasteiger charge is 2.23. The molecule has 0 aromatic carbocycles. The molecular formula is C6H12O5. The summed E-state index contributed by atoms with van der Waals surface area (Å²) in [5.41, 5.74) is 0. The number of aliphatic hydroxyl groups excluding tert-OH is 4. The van der Waals surface area contributed by atoms with Crippen molar-refractivity contribution in [3.63, 3.8) is 0 Å². The summed E-state index contributed by atoms with van der Waals surface area (Å²) in [6, 6.07) is 0. The van der Waals surface area contributed by atoms with Crippen molar-refractivity contribution < 1.29 is 25.2 Å². The molecule has 0 fully saturated rings. The molecule has 0 amide bonds. The maximum absolute atomic E-state index is 9.87. The van der Waals surface area contributed by atoms with Crippen molar-refractivity contribution in [2.75, 3.05) is 6.61 Å². The highest BCUT2D eigenvalue weighted by molar-refractivity contribution is 5.56. The van der Waals surface area contributed by atoms with Gasteiger partial charge in [-0.1, -0.05) is 0 Å². The number of carbonyl (C=O) groups is 1. The second-order valence-electron chi connectivity index (χ2n) is 2.20. The van der Waals surface area contributed by atoms with E-state index in [1.807, 2.05) is 0 Å². The van der Waals surface area contributed by atoms with Crippen LogP contribution in [0.15, 0.2) is 0 Å². The zero-order valence-electron chi connectivity index (χ0n) is 5.92. The maximum Gasteiger partial charge on any atom is 0.151 e. The Morgan fingerprint density at radius 3 is 2.18 bits per heavy atom. The van der Waals surface area contributed by atoms with Crippen LogP contribution in [-0.2, 0) is 4.79 Å². The lowest BCUT2D eigenvalue weighted by Crippen LogP contribution is -2.38. The van der Waals surface area contributed by atoms with Crippen molar-refractivity contribution >= 4 is 6.29 Å². The first-order valence-corrected chi connectivity index (χ1v) is 3.23. The second-order valence-corrected chi connectivity index (χ2v) is 2.20. The van der Waals surface area contributed by atoms with Crippen LogP contribution in [0.4, 0.5) is 0 Å². The van der Waals surface area contributed by atoms with E-state index in [4.69, 9.17) is 20.4 Å². The van der Waals surface area contributed by atoms with Gasteiger partial charge in [-0.05, 0) is 6.42 Å². The van der Waals surface area contributed by atoms with Gasteiger partial charge in [-0.25, -0.2) is 0 Å². The van der Waals surface area contributed by atoms with Crippen molar-refractivity contribution in [1.29, 1.82) is 0 Å². The summed E-state index contributed by atoms with van der Waals surface area (Å²) in [6.45, 7) is -0.302. The molecule has 0 aliphatic carbocycles. The van der Waals surface area contributed by atoms with Crippen molar-refractivity contribution in [1.82, 2.24) is 0 Å². The molecule has 11 heavy (non-hydrogen) atoms. The van der Waals surface area contributed by atoms with Crippen LogP contribution in [0.2, 0.25) is 0 Å². The lowest BCUT2D eigenvalue weighted by Gasteiger charge is -2.17. The van der Waals surface area contributed by atoms with E-state index in [9.17, 15) is 4.79 Å². The minimum atomic E-state index is -1.59. The van der Waals surface area contributed by atoms with Gasteiger partial charge >= 0.3 is 0 Å². The van der Waals surface area contributed by atoms with Gasteiger partial charge in [0.25, 0.3) is 0 Å². The molecular weight excluding hydrogens is 152 g/mol. The lowest BCUT2D eigenvalue weighted by molar-refractivity contribution is -0.126. The molecule has 0 saturated carbocycles. The van der Waals surface area contributed by atoms with Crippen LogP contribution in [0.5, 0.6) is 0 Å². The smallest absolute Gasteiger partial charge is 0.151 e. The molecule has 0 aromatic rings. The summed E-state index contributed by atoms with van der Waals surface area (Å²) < 4.78 is 0. The summed E-state index contributed by atoms with van der Waals surface area (Å²) in [5, 5.41) is 34.7. The minimum absolute atomic E-state index is 0.0634. The van der Waals surface area contributed by atoms with Gasteiger partial charge in [0, 0.05) is 6.61 Å². The quantitative estimate of drug-likeness (QED) is 0.341. The fourth-order valence-electron chi connectivity index (χ4n) is 0.611. The van der Waals surface area contributed by atoms with E-state index in [0.29, 0.717) is 0 Å². The summed E-state index contributed by atoms with van der Waals surface area (Å²) in [7, 11) is 0.